The zero-order valence-electron chi connectivity index (χ0n) is 15.4. The maximum atomic E-state index is 13.0. The molecule has 1 atom stereocenters. The van der Waals surface area contributed by atoms with E-state index in [9.17, 15) is 14.8 Å². The Hall–Kier alpha value is -2.86. The van der Waals surface area contributed by atoms with Crippen molar-refractivity contribution in [2.45, 2.75) is 39.3 Å². The predicted octanol–water partition coefficient (Wildman–Crippen LogP) is 3.81. The van der Waals surface area contributed by atoms with Crippen molar-refractivity contribution in [2.75, 3.05) is 6.54 Å². The van der Waals surface area contributed by atoms with Crippen molar-refractivity contribution in [2.24, 2.45) is 0 Å². The van der Waals surface area contributed by atoms with Crippen LogP contribution in [-0.4, -0.2) is 29.4 Å². The Bertz CT molecular complexity index is 834. The second-order valence-electron chi connectivity index (χ2n) is 6.66. The second-order valence-corrected chi connectivity index (χ2v) is 6.66. The van der Waals surface area contributed by atoms with Gasteiger partial charge in [-0.2, -0.15) is 0 Å². The zero-order valence-corrected chi connectivity index (χ0v) is 15.4. The fourth-order valence-corrected chi connectivity index (χ4v) is 3.29. The van der Waals surface area contributed by atoms with Crippen LogP contribution < -0.4 is 4.89 Å². The Labute approximate surface area is 158 Å². The third kappa shape index (κ3) is 4.11. The van der Waals surface area contributed by atoms with Crippen LogP contribution in [0.15, 0.2) is 36.4 Å². The lowest BCUT2D eigenvalue weighted by Gasteiger charge is -2.23. The van der Waals surface area contributed by atoms with Crippen molar-refractivity contribution < 1.29 is 24.5 Å². The van der Waals surface area contributed by atoms with E-state index in [4.69, 9.17) is 4.74 Å². The van der Waals surface area contributed by atoms with E-state index in [-0.39, 0.29) is 18.1 Å². The molecule has 0 spiro atoms. The van der Waals surface area contributed by atoms with E-state index < -0.39 is 12.1 Å². The van der Waals surface area contributed by atoms with Crippen LogP contribution >= 0.6 is 0 Å². The number of carbonyl (C=O) groups excluding carboxylic acids is 2. The first kappa shape index (κ1) is 18.9. The van der Waals surface area contributed by atoms with E-state index in [2.05, 4.69) is 11.0 Å². The van der Waals surface area contributed by atoms with Gasteiger partial charge in [0.05, 0.1) is 6.04 Å². The number of hydrogen-bond donors (Lipinski definition) is 0. The summed E-state index contributed by atoms with van der Waals surface area (Å²) in [5.74, 6) is -0.0446. The van der Waals surface area contributed by atoms with E-state index >= 15 is 0 Å². The molecule has 2 radical (unpaired) electrons. The Kier molecular flexibility index (Phi) is 5.76. The molecular weight excluding hydrogens is 346 g/mol. The minimum atomic E-state index is -0.582. The molecule has 27 heavy (non-hydrogen) atoms. The quantitative estimate of drug-likeness (QED) is 0.457. The Balaban J connectivity index is 1.73. The minimum absolute atomic E-state index is 0.148. The number of rotatable bonds is 5. The van der Waals surface area contributed by atoms with Crippen LogP contribution in [0, 0.1) is 19.9 Å². The molecule has 1 aliphatic heterocycles. The first-order valence-corrected chi connectivity index (χ1v) is 8.86. The summed E-state index contributed by atoms with van der Waals surface area (Å²) in [5.41, 5.74) is 2.33. The van der Waals surface area contributed by atoms with Crippen molar-refractivity contribution in [3.63, 3.8) is 0 Å². The van der Waals surface area contributed by atoms with Crippen LogP contribution in [0.2, 0.25) is 0 Å². The Morgan fingerprint density at radius 1 is 1.22 bits per heavy atom. The summed E-state index contributed by atoms with van der Waals surface area (Å²) in [6.45, 7) is 4.02. The SMILES string of the molecule is Cc1[c]c(C(=O)C2CCCN2C(=O)OCc2ccccc2)c(C)cc1O[O]. The fraction of sp³-hybridized carbons (Fsp3) is 0.333. The number of hydrogen-bond acceptors (Lipinski definition) is 4. The van der Waals surface area contributed by atoms with Gasteiger partial charge in [-0.15, -0.1) is 0 Å². The number of Topliss-reactive ketones (excluding diaryl/α,β-unsaturated/α-hetero) is 1. The summed E-state index contributed by atoms with van der Waals surface area (Å²) < 4.78 is 5.38. The largest absolute Gasteiger partial charge is 0.445 e. The molecule has 1 amide bonds. The standard InChI is InChI=1S/C21H21NO5/c1-14-12-19(27-25)15(2)11-17(14)20(23)18-9-6-10-22(18)21(24)26-13-16-7-4-3-5-8-16/h3-5,7-8,12,18H,6,9-10,13H2,1-2H3. The van der Waals surface area contributed by atoms with Crippen molar-refractivity contribution in [1.29, 1.82) is 0 Å². The van der Waals surface area contributed by atoms with Gasteiger partial charge in [0, 0.05) is 29.0 Å². The maximum absolute atomic E-state index is 13.0. The van der Waals surface area contributed by atoms with Crippen LogP contribution in [-0.2, 0) is 16.6 Å². The topological polar surface area (TPSA) is 75.7 Å². The molecule has 6 nitrogen and oxygen atoms in total. The smallest absolute Gasteiger partial charge is 0.410 e. The highest BCUT2D eigenvalue weighted by Crippen LogP contribution is 2.27. The number of amides is 1. The molecule has 0 aliphatic carbocycles. The summed E-state index contributed by atoms with van der Waals surface area (Å²) in [5, 5.41) is 10.7. The molecular formula is C21H21NO5. The van der Waals surface area contributed by atoms with Gasteiger partial charge in [0.25, 0.3) is 0 Å². The third-order valence-electron chi connectivity index (χ3n) is 4.76. The van der Waals surface area contributed by atoms with Crippen LogP contribution in [0.1, 0.15) is 39.9 Å². The van der Waals surface area contributed by atoms with Crippen LogP contribution in [0.5, 0.6) is 5.75 Å². The lowest BCUT2D eigenvalue weighted by molar-refractivity contribution is -0.209. The van der Waals surface area contributed by atoms with Crippen molar-refractivity contribution in [1.82, 2.24) is 4.90 Å². The lowest BCUT2D eigenvalue weighted by atomic mass is 9.96. The molecule has 1 aliphatic rings. The maximum Gasteiger partial charge on any atom is 0.410 e. The van der Waals surface area contributed by atoms with Gasteiger partial charge in [-0.3, -0.25) is 9.69 Å². The number of aryl methyl sites for hydroxylation is 2. The van der Waals surface area contributed by atoms with Gasteiger partial charge in [-0.1, -0.05) is 30.3 Å². The molecule has 3 rings (SSSR count). The molecule has 0 saturated carbocycles. The van der Waals surface area contributed by atoms with Gasteiger partial charge >= 0.3 is 6.09 Å². The molecule has 0 N–H and O–H groups in total. The highest BCUT2D eigenvalue weighted by atomic mass is 17.1. The molecule has 6 heteroatoms. The van der Waals surface area contributed by atoms with Gasteiger partial charge in [0.15, 0.2) is 11.5 Å². The molecule has 1 heterocycles. The minimum Gasteiger partial charge on any atom is -0.445 e. The molecule has 2 aromatic rings. The number of benzene rings is 2. The van der Waals surface area contributed by atoms with Crippen LogP contribution in [0.25, 0.3) is 0 Å². The molecule has 1 unspecified atom stereocenters. The molecule has 0 aromatic heterocycles. The van der Waals surface area contributed by atoms with E-state index in [0.29, 0.717) is 29.7 Å². The van der Waals surface area contributed by atoms with Gasteiger partial charge < -0.3 is 9.62 Å². The zero-order chi connectivity index (χ0) is 19.4. The van der Waals surface area contributed by atoms with E-state index in [1.54, 1.807) is 13.8 Å². The van der Waals surface area contributed by atoms with E-state index in [1.807, 2.05) is 30.3 Å². The number of likely N-dealkylation sites (tertiary alicyclic amines) is 1. The van der Waals surface area contributed by atoms with Crippen LogP contribution in [0.4, 0.5) is 4.79 Å². The average molecular weight is 367 g/mol. The first-order chi connectivity index (χ1) is 13.0. The Morgan fingerprint density at radius 2 is 1.96 bits per heavy atom. The summed E-state index contributed by atoms with van der Waals surface area (Å²) in [4.78, 5) is 31.0. The molecule has 2 aromatic carbocycles. The normalized spacial score (nSPS) is 16.3. The summed E-state index contributed by atoms with van der Waals surface area (Å²) >= 11 is 0. The molecule has 1 saturated heterocycles. The number of carbonyl (C=O) groups is 2. The molecule has 140 valence electrons. The first-order valence-electron chi connectivity index (χ1n) is 8.86. The molecule has 1 fully saturated rings. The van der Waals surface area contributed by atoms with Crippen molar-refractivity contribution >= 4 is 11.9 Å². The third-order valence-corrected chi connectivity index (χ3v) is 4.76. The Morgan fingerprint density at radius 3 is 2.67 bits per heavy atom. The summed E-state index contributed by atoms with van der Waals surface area (Å²) in [6.07, 6.45) is 0.811. The average Bonchev–Trinajstić information content (AvgIpc) is 3.17. The van der Waals surface area contributed by atoms with Gasteiger partial charge in [-0.05, 0) is 43.9 Å². The summed E-state index contributed by atoms with van der Waals surface area (Å²) in [7, 11) is 0. The van der Waals surface area contributed by atoms with Crippen LogP contribution in [0.3, 0.4) is 0 Å². The second kappa shape index (κ2) is 8.22. The monoisotopic (exact) mass is 367 g/mol. The number of ether oxygens (including phenoxy) is 1. The lowest BCUT2D eigenvalue weighted by Crippen LogP contribution is -2.41. The van der Waals surface area contributed by atoms with E-state index in [1.165, 1.54) is 11.0 Å². The van der Waals surface area contributed by atoms with Gasteiger partial charge in [0.2, 0.25) is 0 Å². The predicted molar refractivity (Wildman–Crippen MR) is 96.8 cm³/mol. The van der Waals surface area contributed by atoms with Crippen molar-refractivity contribution in [3.8, 4) is 5.75 Å². The fourth-order valence-electron chi connectivity index (χ4n) is 3.29. The summed E-state index contributed by atoms with van der Waals surface area (Å²) in [6, 6.07) is 13.3. The highest BCUT2D eigenvalue weighted by molar-refractivity contribution is 6.03. The number of ketones is 1. The highest BCUT2D eigenvalue weighted by Gasteiger charge is 2.36. The van der Waals surface area contributed by atoms with Gasteiger partial charge in [0.1, 0.15) is 6.61 Å². The van der Waals surface area contributed by atoms with Crippen molar-refractivity contribution in [3.05, 3.63) is 64.7 Å². The molecule has 0 bridgehead atoms. The number of nitrogens with zero attached hydrogens (tertiary/aromatic N) is 1. The van der Waals surface area contributed by atoms with E-state index in [0.717, 1.165) is 12.0 Å². The van der Waals surface area contributed by atoms with Gasteiger partial charge in [-0.25, -0.2) is 4.79 Å².